The quantitative estimate of drug-likeness (QED) is 0.824. The van der Waals surface area contributed by atoms with Crippen molar-refractivity contribution in [3.05, 3.63) is 29.8 Å². The van der Waals surface area contributed by atoms with Crippen LogP contribution in [-0.4, -0.2) is 38.3 Å². The summed E-state index contributed by atoms with van der Waals surface area (Å²) in [5.74, 6) is 0.915. The van der Waals surface area contributed by atoms with Gasteiger partial charge >= 0.3 is 0 Å². The Morgan fingerprint density at radius 3 is 2.17 bits per heavy atom. The van der Waals surface area contributed by atoms with Crippen molar-refractivity contribution in [1.82, 2.24) is 4.90 Å². The largest absolute Gasteiger partial charge is 0.497 e. The third kappa shape index (κ3) is 4.00. The highest BCUT2D eigenvalue weighted by Gasteiger charge is 2.18. The second-order valence-corrected chi connectivity index (χ2v) is 4.10. The van der Waals surface area contributed by atoms with Crippen LogP contribution < -0.4 is 4.74 Å². The lowest BCUT2D eigenvalue weighted by Crippen LogP contribution is -2.37. The summed E-state index contributed by atoms with van der Waals surface area (Å²) in [4.78, 5) is 2.45. The molecule has 2 rings (SSSR count). The minimum Gasteiger partial charge on any atom is -0.497 e. The van der Waals surface area contributed by atoms with Gasteiger partial charge in [-0.2, -0.15) is 0 Å². The maximum absolute atomic E-state index is 5.36. The summed E-state index contributed by atoms with van der Waals surface area (Å²) in [5, 5.41) is 0. The van der Waals surface area contributed by atoms with Crippen molar-refractivity contribution >= 4 is 0 Å². The molecule has 1 aliphatic heterocycles. The molecule has 0 saturated carbocycles. The fourth-order valence-corrected chi connectivity index (χ4v) is 2.06. The summed E-state index contributed by atoms with van der Waals surface area (Å²) in [6.07, 6.45) is 0. The van der Waals surface area contributed by atoms with E-state index in [-0.39, 0.29) is 0 Å². The molecule has 1 unspecified atom stereocenters. The molecule has 0 amide bonds. The molecule has 1 aliphatic rings. The monoisotopic (exact) mass is 251 g/mol. The zero-order valence-electron chi connectivity index (χ0n) is 12.0. The zero-order chi connectivity index (χ0) is 13.4. The summed E-state index contributed by atoms with van der Waals surface area (Å²) in [6, 6.07) is 8.77. The van der Waals surface area contributed by atoms with E-state index in [1.807, 2.05) is 26.0 Å². The Hall–Kier alpha value is -1.06. The second kappa shape index (κ2) is 8.11. The van der Waals surface area contributed by atoms with Crippen LogP contribution in [0.4, 0.5) is 0 Å². The molecule has 1 aromatic rings. The van der Waals surface area contributed by atoms with E-state index in [1.54, 1.807) is 7.11 Å². The van der Waals surface area contributed by atoms with Gasteiger partial charge < -0.3 is 9.47 Å². The van der Waals surface area contributed by atoms with Crippen LogP contribution in [0.5, 0.6) is 5.75 Å². The molecule has 3 nitrogen and oxygen atoms in total. The molecule has 18 heavy (non-hydrogen) atoms. The molecule has 0 bridgehead atoms. The average Bonchev–Trinajstić information content (AvgIpc) is 2.49. The van der Waals surface area contributed by atoms with E-state index in [4.69, 9.17) is 9.47 Å². The first-order valence-electron chi connectivity index (χ1n) is 6.77. The van der Waals surface area contributed by atoms with Crippen molar-refractivity contribution in [1.29, 1.82) is 0 Å². The van der Waals surface area contributed by atoms with Gasteiger partial charge in [-0.3, -0.25) is 4.90 Å². The number of hydrogen-bond acceptors (Lipinski definition) is 3. The van der Waals surface area contributed by atoms with E-state index < -0.39 is 0 Å². The molecule has 1 fully saturated rings. The zero-order valence-corrected chi connectivity index (χ0v) is 12.0. The first-order valence-corrected chi connectivity index (χ1v) is 6.77. The van der Waals surface area contributed by atoms with E-state index in [0.29, 0.717) is 6.04 Å². The normalized spacial score (nSPS) is 17.6. The van der Waals surface area contributed by atoms with Crippen LogP contribution in [0.2, 0.25) is 0 Å². The van der Waals surface area contributed by atoms with Crippen LogP contribution >= 0.6 is 0 Å². The Labute approximate surface area is 111 Å². The van der Waals surface area contributed by atoms with E-state index in [2.05, 4.69) is 24.0 Å². The molecule has 0 aliphatic carbocycles. The van der Waals surface area contributed by atoms with Crippen molar-refractivity contribution in [2.24, 2.45) is 0 Å². The Morgan fingerprint density at radius 2 is 1.67 bits per heavy atom. The molecule has 0 spiro atoms. The van der Waals surface area contributed by atoms with Gasteiger partial charge in [0.05, 0.1) is 20.3 Å². The van der Waals surface area contributed by atoms with Gasteiger partial charge in [-0.05, 0) is 24.6 Å². The Morgan fingerprint density at radius 1 is 1.11 bits per heavy atom. The van der Waals surface area contributed by atoms with Gasteiger partial charge in [-0.25, -0.2) is 0 Å². The van der Waals surface area contributed by atoms with Gasteiger partial charge in [0.15, 0.2) is 0 Å². The van der Waals surface area contributed by atoms with E-state index in [0.717, 1.165) is 32.1 Å². The fraction of sp³-hybridized carbons (Fsp3) is 0.600. The van der Waals surface area contributed by atoms with Gasteiger partial charge in [-0.1, -0.05) is 26.0 Å². The minimum atomic E-state index is 0.454. The highest BCUT2D eigenvalue weighted by Crippen LogP contribution is 2.23. The number of methoxy groups -OCH3 is 1. The number of morpholine rings is 1. The molecule has 1 aromatic carbocycles. The first-order chi connectivity index (χ1) is 8.81. The second-order valence-electron chi connectivity index (χ2n) is 4.10. The van der Waals surface area contributed by atoms with E-state index >= 15 is 0 Å². The smallest absolute Gasteiger partial charge is 0.118 e. The summed E-state index contributed by atoms with van der Waals surface area (Å²) >= 11 is 0. The van der Waals surface area contributed by atoms with Gasteiger partial charge in [0, 0.05) is 19.1 Å². The maximum atomic E-state index is 5.36. The summed E-state index contributed by atoms with van der Waals surface area (Å²) in [6.45, 7) is 9.98. The molecular formula is C15H25NO2. The molecule has 0 N–H and O–H groups in total. The first kappa shape index (κ1) is 15.0. The van der Waals surface area contributed by atoms with Crippen molar-refractivity contribution in [2.45, 2.75) is 26.8 Å². The highest BCUT2D eigenvalue weighted by molar-refractivity contribution is 5.28. The van der Waals surface area contributed by atoms with Gasteiger partial charge in [-0.15, -0.1) is 0 Å². The SMILES string of the molecule is CC.COc1ccc(C(C)N2CCOCC2)cc1. The van der Waals surface area contributed by atoms with Gasteiger partial charge in [0.1, 0.15) is 5.75 Å². The molecule has 0 radical (unpaired) electrons. The van der Waals surface area contributed by atoms with Crippen molar-refractivity contribution in [2.75, 3.05) is 33.4 Å². The maximum Gasteiger partial charge on any atom is 0.118 e. The average molecular weight is 251 g/mol. The third-order valence-corrected chi connectivity index (χ3v) is 3.19. The summed E-state index contributed by atoms with van der Waals surface area (Å²) < 4.78 is 10.5. The standard InChI is InChI=1S/C13H19NO2.C2H6/c1-11(14-7-9-16-10-8-14)12-3-5-13(15-2)6-4-12;1-2/h3-6,11H,7-10H2,1-2H3;1-2H3. The fourth-order valence-electron chi connectivity index (χ4n) is 2.06. The third-order valence-electron chi connectivity index (χ3n) is 3.19. The lowest BCUT2D eigenvalue weighted by Gasteiger charge is -2.32. The number of benzene rings is 1. The molecular weight excluding hydrogens is 226 g/mol. The van der Waals surface area contributed by atoms with E-state index in [1.165, 1.54) is 5.56 Å². The van der Waals surface area contributed by atoms with Crippen LogP contribution in [0, 0.1) is 0 Å². The summed E-state index contributed by atoms with van der Waals surface area (Å²) in [5.41, 5.74) is 1.34. The van der Waals surface area contributed by atoms with Crippen LogP contribution in [0.25, 0.3) is 0 Å². The number of ether oxygens (including phenoxy) is 2. The summed E-state index contributed by atoms with van der Waals surface area (Å²) in [7, 11) is 1.69. The predicted octanol–water partition coefficient (Wildman–Crippen LogP) is 3.11. The molecule has 3 heteroatoms. The van der Waals surface area contributed by atoms with Crippen molar-refractivity contribution in [3.8, 4) is 5.75 Å². The molecule has 0 aromatic heterocycles. The molecule has 1 atom stereocenters. The van der Waals surface area contributed by atoms with E-state index in [9.17, 15) is 0 Å². The number of hydrogen-bond donors (Lipinski definition) is 0. The Bertz CT molecular complexity index is 318. The van der Waals surface area contributed by atoms with Gasteiger partial charge in [0.2, 0.25) is 0 Å². The van der Waals surface area contributed by atoms with Gasteiger partial charge in [0.25, 0.3) is 0 Å². The van der Waals surface area contributed by atoms with Crippen LogP contribution in [-0.2, 0) is 4.74 Å². The topological polar surface area (TPSA) is 21.7 Å². The van der Waals surface area contributed by atoms with Crippen LogP contribution in [0.15, 0.2) is 24.3 Å². The molecule has 1 saturated heterocycles. The Kier molecular flexibility index (Phi) is 6.76. The lowest BCUT2D eigenvalue weighted by molar-refractivity contribution is 0.0198. The molecule has 1 heterocycles. The number of rotatable bonds is 3. The predicted molar refractivity (Wildman–Crippen MR) is 75.1 cm³/mol. The molecule has 102 valence electrons. The minimum absolute atomic E-state index is 0.454. The van der Waals surface area contributed by atoms with Crippen LogP contribution in [0.1, 0.15) is 32.4 Å². The lowest BCUT2D eigenvalue weighted by atomic mass is 10.1. The highest BCUT2D eigenvalue weighted by atomic mass is 16.5. The van der Waals surface area contributed by atoms with Crippen molar-refractivity contribution in [3.63, 3.8) is 0 Å². The van der Waals surface area contributed by atoms with Crippen LogP contribution in [0.3, 0.4) is 0 Å². The van der Waals surface area contributed by atoms with Crippen molar-refractivity contribution < 1.29 is 9.47 Å². The Balaban J connectivity index is 0.000000771. The number of nitrogens with zero attached hydrogens (tertiary/aromatic N) is 1.